The number of benzene rings is 2. The van der Waals surface area contributed by atoms with Gasteiger partial charge in [-0.15, -0.1) is 0 Å². The number of primary amides is 1. The number of nitrogens with one attached hydrogen (secondary N) is 1. The van der Waals surface area contributed by atoms with E-state index >= 15 is 0 Å². The van der Waals surface area contributed by atoms with Gasteiger partial charge in [-0.25, -0.2) is 0 Å². The summed E-state index contributed by atoms with van der Waals surface area (Å²) in [6.07, 6.45) is 0. The first-order valence-corrected chi connectivity index (χ1v) is 6.97. The summed E-state index contributed by atoms with van der Waals surface area (Å²) in [5.41, 5.74) is 7.23. The number of carbonyl (C=O) groups excluding carboxylic acids is 2. The van der Waals surface area contributed by atoms with Crippen LogP contribution in [-0.2, 0) is 0 Å². The number of ether oxygens (including phenoxy) is 1. The average Bonchev–Trinajstić information content (AvgIpc) is 2.49. The van der Waals surface area contributed by atoms with Crippen LogP contribution in [0, 0.1) is 6.92 Å². The monoisotopic (exact) mass is 298 g/mol. The molecule has 5 nitrogen and oxygen atoms in total. The van der Waals surface area contributed by atoms with Crippen LogP contribution in [0.25, 0.3) is 0 Å². The molecule has 2 aromatic rings. The molecule has 0 aromatic heterocycles. The Bertz CT molecular complexity index is 711. The number of amides is 2. The molecule has 0 aliphatic heterocycles. The van der Waals surface area contributed by atoms with Crippen LogP contribution in [0.4, 0.5) is 5.69 Å². The van der Waals surface area contributed by atoms with Gasteiger partial charge in [0.25, 0.3) is 11.8 Å². The third-order valence-electron chi connectivity index (χ3n) is 3.21. The predicted octanol–water partition coefficient (Wildman–Crippen LogP) is 2.74. The maximum absolute atomic E-state index is 12.5. The van der Waals surface area contributed by atoms with Gasteiger partial charge in [-0.05, 0) is 37.6 Å². The molecule has 0 unspecified atom stereocenters. The van der Waals surface area contributed by atoms with Crippen molar-refractivity contribution < 1.29 is 14.3 Å². The van der Waals surface area contributed by atoms with Crippen molar-refractivity contribution in [3.05, 3.63) is 59.2 Å². The van der Waals surface area contributed by atoms with E-state index in [1.165, 1.54) is 0 Å². The van der Waals surface area contributed by atoms with E-state index in [0.29, 0.717) is 23.6 Å². The van der Waals surface area contributed by atoms with E-state index in [-0.39, 0.29) is 11.5 Å². The van der Waals surface area contributed by atoms with Crippen molar-refractivity contribution in [3.8, 4) is 5.75 Å². The molecular formula is C17H18N2O3. The lowest BCUT2D eigenvalue weighted by Gasteiger charge is -2.14. The van der Waals surface area contributed by atoms with Gasteiger partial charge in [0.1, 0.15) is 5.75 Å². The lowest BCUT2D eigenvalue weighted by Crippen LogP contribution is -2.19. The minimum Gasteiger partial charge on any atom is -0.493 e. The normalized spacial score (nSPS) is 10.1. The third kappa shape index (κ3) is 3.25. The maximum Gasteiger partial charge on any atom is 0.259 e. The fourth-order valence-corrected chi connectivity index (χ4v) is 2.16. The Kier molecular flexibility index (Phi) is 4.78. The lowest BCUT2D eigenvalue weighted by molar-refractivity contribution is 0.100. The fourth-order valence-electron chi connectivity index (χ4n) is 2.16. The largest absolute Gasteiger partial charge is 0.493 e. The van der Waals surface area contributed by atoms with E-state index in [0.717, 1.165) is 5.56 Å². The third-order valence-corrected chi connectivity index (χ3v) is 3.21. The Hall–Kier alpha value is -2.82. The highest BCUT2D eigenvalue weighted by atomic mass is 16.5. The molecule has 0 atom stereocenters. The van der Waals surface area contributed by atoms with Crippen LogP contribution in [-0.4, -0.2) is 18.4 Å². The first kappa shape index (κ1) is 15.6. The Morgan fingerprint density at radius 2 is 1.77 bits per heavy atom. The fraction of sp³-hybridized carbons (Fsp3) is 0.176. The average molecular weight is 298 g/mol. The minimum atomic E-state index is -0.586. The molecule has 2 aromatic carbocycles. The maximum atomic E-state index is 12.5. The van der Waals surface area contributed by atoms with Gasteiger partial charge in [-0.2, -0.15) is 0 Å². The predicted molar refractivity (Wildman–Crippen MR) is 85.3 cm³/mol. The van der Waals surface area contributed by atoms with Gasteiger partial charge in [0.05, 0.1) is 23.4 Å². The molecule has 0 bridgehead atoms. The van der Waals surface area contributed by atoms with Crippen molar-refractivity contribution in [1.29, 1.82) is 0 Å². The van der Waals surface area contributed by atoms with Crippen molar-refractivity contribution in [2.45, 2.75) is 13.8 Å². The quantitative estimate of drug-likeness (QED) is 0.890. The van der Waals surface area contributed by atoms with Crippen molar-refractivity contribution in [3.63, 3.8) is 0 Å². The van der Waals surface area contributed by atoms with E-state index in [1.807, 2.05) is 6.92 Å². The van der Waals surface area contributed by atoms with Crippen LogP contribution in [0.5, 0.6) is 5.75 Å². The molecule has 114 valence electrons. The molecule has 22 heavy (non-hydrogen) atoms. The van der Waals surface area contributed by atoms with Crippen molar-refractivity contribution >= 4 is 17.5 Å². The summed E-state index contributed by atoms with van der Waals surface area (Å²) in [5, 5.41) is 2.76. The van der Waals surface area contributed by atoms with Gasteiger partial charge in [0.15, 0.2) is 0 Å². The van der Waals surface area contributed by atoms with Crippen LogP contribution < -0.4 is 15.8 Å². The zero-order valence-electron chi connectivity index (χ0n) is 12.6. The minimum absolute atomic E-state index is 0.280. The number of nitrogens with two attached hydrogens (primary N) is 1. The second kappa shape index (κ2) is 6.76. The molecule has 0 saturated heterocycles. The van der Waals surface area contributed by atoms with Crippen LogP contribution in [0.15, 0.2) is 42.5 Å². The number of para-hydroxylation sites is 2. The van der Waals surface area contributed by atoms with Gasteiger partial charge >= 0.3 is 0 Å². The summed E-state index contributed by atoms with van der Waals surface area (Å²) >= 11 is 0. The number of hydrogen-bond donors (Lipinski definition) is 2. The zero-order chi connectivity index (χ0) is 16.1. The van der Waals surface area contributed by atoms with Gasteiger partial charge in [-0.1, -0.05) is 24.3 Å². The van der Waals surface area contributed by atoms with Gasteiger partial charge < -0.3 is 15.8 Å². The van der Waals surface area contributed by atoms with Crippen LogP contribution in [0.2, 0.25) is 0 Å². The van der Waals surface area contributed by atoms with E-state index < -0.39 is 5.91 Å². The molecule has 5 heteroatoms. The highest BCUT2D eigenvalue weighted by Gasteiger charge is 2.16. The van der Waals surface area contributed by atoms with E-state index in [4.69, 9.17) is 10.5 Å². The zero-order valence-corrected chi connectivity index (χ0v) is 12.6. The molecule has 0 heterocycles. The molecule has 0 spiro atoms. The number of rotatable bonds is 5. The molecule has 3 N–H and O–H groups in total. The van der Waals surface area contributed by atoms with E-state index in [2.05, 4.69) is 5.32 Å². The highest BCUT2D eigenvalue weighted by Crippen LogP contribution is 2.24. The number of carbonyl (C=O) groups is 2. The lowest BCUT2D eigenvalue weighted by atomic mass is 10.1. The summed E-state index contributed by atoms with van der Waals surface area (Å²) in [4.78, 5) is 24.0. The van der Waals surface area contributed by atoms with E-state index in [1.54, 1.807) is 49.4 Å². The second-order valence-electron chi connectivity index (χ2n) is 4.75. The second-order valence-corrected chi connectivity index (χ2v) is 4.75. The smallest absolute Gasteiger partial charge is 0.259 e. The van der Waals surface area contributed by atoms with Gasteiger partial charge in [-0.3, -0.25) is 9.59 Å². The summed E-state index contributed by atoms with van der Waals surface area (Å²) in [6, 6.07) is 12.1. The standard InChI is InChI=1S/C17H18N2O3/c1-3-22-14-10-5-4-8-12(14)17(21)19-15-11(2)7-6-9-13(15)16(18)20/h4-10H,3H2,1-2H3,(H2,18,20)(H,19,21). The van der Waals surface area contributed by atoms with E-state index in [9.17, 15) is 9.59 Å². The Morgan fingerprint density at radius 1 is 1.09 bits per heavy atom. The van der Waals surface area contributed by atoms with Crippen LogP contribution in [0.3, 0.4) is 0 Å². The molecule has 0 fully saturated rings. The van der Waals surface area contributed by atoms with Gasteiger partial charge in [0.2, 0.25) is 0 Å². The van der Waals surface area contributed by atoms with Crippen molar-refractivity contribution in [1.82, 2.24) is 0 Å². The van der Waals surface area contributed by atoms with Gasteiger partial charge in [0, 0.05) is 0 Å². The Balaban J connectivity index is 2.36. The Morgan fingerprint density at radius 3 is 2.45 bits per heavy atom. The first-order chi connectivity index (χ1) is 10.5. The topological polar surface area (TPSA) is 81.4 Å². The molecule has 0 aliphatic rings. The van der Waals surface area contributed by atoms with Crippen molar-refractivity contribution in [2.75, 3.05) is 11.9 Å². The van der Waals surface area contributed by atoms with Crippen molar-refractivity contribution in [2.24, 2.45) is 5.73 Å². The SMILES string of the molecule is CCOc1ccccc1C(=O)Nc1c(C)cccc1C(N)=O. The molecule has 2 amide bonds. The van der Waals surface area contributed by atoms with Crippen LogP contribution in [0.1, 0.15) is 33.2 Å². The van der Waals surface area contributed by atoms with Crippen LogP contribution >= 0.6 is 0 Å². The number of anilines is 1. The molecule has 0 aliphatic carbocycles. The molecular weight excluding hydrogens is 280 g/mol. The highest BCUT2D eigenvalue weighted by molar-refractivity contribution is 6.10. The number of aryl methyl sites for hydroxylation is 1. The molecule has 0 radical (unpaired) electrons. The number of hydrogen-bond acceptors (Lipinski definition) is 3. The molecule has 0 saturated carbocycles. The summed E-state index contributed by atoms with van der Waals surface area (Å²) < 4.78 is 5.45. The summed E-state index contributed by atoms with van der Waals surface area (Å²) in [5.74, 6) is -0.436. The molecule has 2 rings (SSSR count). The summed E-state index contributed by atoms with van der Waals surface area (Å²) in [7, 11) is 0. The Labute approximate surface area is 129 Å². The first-order valence-electron chi connectivity index (χ1n) is 6.97. The summed E-state index contributed by atoms with van der Waals surface area (Å²) in [6.45, 7) is 4.11.